The average molecular weight is 381 g/mol. The van der Waals surface area contributed by atoms with Crippen molar-refractivity contribution in [2.45, 2.75) is 44.4 Å². The normalized spacial score (nSPS) is 20.5. The number of amides is 1. The molecule has 1 aromatic carbocycles. The second-order valence-corrected chi connectivity index (χ2v) is 7.69. The topological polar surface area (TPSA) is 41.6 Å². The number of nitrogens with zero attached hydrogens (tertiary/aromatic N) is 1. The number of piperidine rings is 1. The lowest BCUT2D eigenvalue weighted by Gasteiger charge is -2.42. The molecule has 2 saturated heterocycles. The van der Waals surface area contributed by atoms with Gasteiger partial charge in [-0.15, -0.1) is 12.4 Å². The number of hydrogen-bond donors (Lipinski definition) is 1. The van der Waals surface area contributed by atoms with E-state index < -0.39 is 0 Å². The highest BCUT2D eigenvalue weighted by molar-refractivity contribution is 5.88. The van der Waals surface area contributed by atoms with Crippen molar-refractivity contribution in [3.05, 3.63) is 35.4 Å². The highest BCUT2D eigenvalue weighted by Crippen LogP contribution is 2.38. The molecular formula is C21H33ClN2O2. The van der Waals surface area contributed by atoms with Gasteiger partial charge in [-0.2, -0.15) is 0 Å². The standard InChI is InChI=1S/C21H32N2O2.ClH/c1-17-3-5-19(6-4-17)21(10-15-25-16-11-21)20(24)23-13-8-18(9-14-23)7-12-22-2;/h3-6,18,22H,7-16H2,1-2H3;1H. The van der Waals surface area contributed by atoms with Crippen LogP contribution in [0.4, 0.5) is 0 Å². The van der Waals surface area contributed by atoms with Crippen molar-refractivity contribution in [2.75, 3.05) is 39.9 Å². The Bertz CT molecular complexity index is 562. The van der Waals surface area contributed by atoms with Crippen LogP contribution in [-0.2, 0) is 14.9 Å². The van der Waals surface area contributed by atoms with Crippen LogP contribution in [0.5, 0.6) is 0 Å². The van der Waals surface area contributed by atoms with Gasteiger partial charge in [-0.05, 0) is 64.1 Å². The minimum Gasteiger partial charge on any atom is -0.381 e. The Morgan fingerprint density at radius 3 is 2.38 bits per heavy atom. The Labute approximate surface area is 164 Å². The highest BCUT2D eigenvalue weighted by Gasteiger charge is 2.44. The molecule has 2 aliphatic rings. The summed E-state index contributed by atoms with van der Waals surface area (Å²) < 4.78 is 5.59. The first-order valence-electron chi connectivity index (χ1n) is 9.74. The fraction of sp³-hybridized carbons (Fsp3) is 0.667. The Balaban J connectivity index is 0.00000243. The lowest BCUT2D eigenvalue weighted by molar-refractivity contribution is -0.142. The van der Waals surface area contributed by atoms with Crippen molar-refractivity contribution >= 4 is 18.3 Å². The van der Waals surface area contributed by atoms with Crippen LogP contribution in [0.2, 0.25) is 0 Å². The molecule has 0 saturated carbocycles. The molecule has 2 heterocycles. The van der Waals surface area contributed by atoms with Crippen molar-refractivity contribution in [2.24, 2.45) is 5.92 Å². The van der Waals surface area contributed by atoms with E-state index in [9.17, 15) is 4.79 Å². The van der Waals surface area contributed by atoms with Crippen molar-refractivity contribution in [1.82, 2.24) is 10.2 Å². The van der Waals surface area contributed by atoms with Crippen LogP contribution in [-0.4, -0.2) is 50.7 Å². The Morgan fingerprint density at radius 1 is 1.19 bits per heavy atom. The minimum absolute atomic E-state index is 0. The van der Waals surface area contributed by atoms with Crippen LogP contribution in [0.3, 0.4) is 0 Å². The molecule has 26 heavy (non-hydrogen) atoms. The maximum atomic E-state index is 13.5. The molecule has 0 aromatic heterocycles. The van der Waals surface area contributed by atoms with E-state index in [1.54, 1.807) is 0 Å². The summed E-state index contributed by atoms with van der Waals surface area (Å²) in [6.07, 6.45) is 5.08. The fourth-order valence-electron chi connectivity index (χ4n) is 4.29. The first kappa shape index (κ1) is 21.2. The molecule has 0 radical (unpaired) electrons. The SMILES string of the molecule is CNCCC1CCN(C(=O)C2(c3ccc(C)cc3)CCOCC2)CC1.Cl. The van der Waals surface area contributed by atoms with Crippen LogP contribution < -0.4 is 5.32 Å². The van der Waals surface area contributed by atoms with Crippen molar-refractivity contribution in [3.8, 4) is 0 Å². The smallest absolute Gasteiger partial charge is 0.233 e. The summed E-state index contributed by atoms with van der Waals surface area (Å²) in [6.45, 7) is 6.33. The first-order chi connectivity index (χ1) is 12.2. The average Bonchev–Trinajstić information content (AvgIpc) is 2.67. The van der Waals surface area contributed by atoms with Gasteiger partial charge < -0.3 is 15.0 Å². The minimum atomic E-state index is -0.385. The van der Waals surface area contributed by atoms with Crippen LogP contribution in [0.15, 0.2) is 24.3 Å². The third-order valence-corrected chi connectivity index (χ3v) is 6.06. The second kappa shape index (κ2) is 9.72. The zero-order valence-electron chi connectivity index (χ0n) is 16.1. The summed E-state index contributed by atoms with van der Waals surface area (Å²) in [5.74, 6) is 1.08. The maximum Gasteiger partial charge on any atom is 0.233 e. The summed E-state index contributed by atoms with van der Waals surface area (Å²) in [6, 6.07) is 8.56. The molecule has 0 atom stereocenters. The number of hydrogen-bond acceptors (Lipinski definition) is 3. The Morgan fingerprint density at radius 2 is 1.81 bits per heavy atom. The Hall–Kier alpha value is -1.10. The van der Waals surface area contributed by atoms with Gasteiger partial charge in [0.05, 0.1) is 5.41 Å². The second-order valence-electron chi connectivity index (χ2n) is 7.69. The lowest BCUT2D eigenvalue weighted by atomic mass is 9.72. The fourth-order valence-corrected chi connectivity index (χ4v) is 4.29. The quantitative estimate of drug-likeness (QED) is 0.852. The highest BCUT2D eigenvalue weighted by atomic mass is 35.5. The summed E-state index contributed by atoms with van der Waals surface area (Å²) >= 11 is 0. The molecule has 0 unspecified atom stereocenters. The number of carbonyl (C=O) groups is 1. The van der Waals surface area contributed by atoms with Gasteiger partial charge in [0, 0.05) is 26.3 Å². The van der Waals surface area contributed by atoms with E-state index in [0.29, 0.717) is 19.1 Å². The van der Waals surface area contributed by atoms with Crippen molar-refractivity contribution in [3.63, 3.8) is 0 Å². The van der Waals surface area contributed by atoms with Gasteiger partial charge in [-0.25, -0.2) is 0 Å². The maximum absolute atomic E-state index is 13.5. The van der Waals surface area contributed by atoms with E-state index in [2.05, 4.69) is 41.4 Å². The summed E-state index contributed by atoms with van der Waals surface area (Å²) in [5.41, 5.74) is 2.02. The van der Waals surface area contributed by atoms with E-state index in [1.807, 2.05) is 7.05 Å². The number of carbonyl (C=O) groups excluding carboxylic acids is 1. The molecule has 2 fully saturated rings. The van der Waals surface area contributed by atoms with Crippen LogP contribution >= 0.6 is 12.4 Å². The predicted molar refractivity (Wildman–Crippen MR) is 108 cm³/mol. The number of likely N-dealkylation sites (tertiary alicyclic amines) is 1. The van der Waals surface area contributed by atoms with Gasteiger partial charge in [0.15, 0.2) is 0 Å². The number of benzene rings is 1. The molecule has 3 rings (SSSR count). The van der Waals surface area contributed by atoms with E-state index in [-0.39, 0.29) is 17.8 Å². The molecule has 1 amide bonds. The van der Waals surface area contributed by atoms with E-state index >= 15 is 0 Å². The van der Waals surface area contributed by atoms with Crippen LogP contribution in [0, 0.1) is 12.8 Å². The van der Waals surface area contributed by atoms with Crippen molar-refractivity contribution in [1.29, 1.82) is 0 Å². The van der Waals surface area contributed by atoms with Gasteiger partial charge in [-0.1, -0.05) is 29.8 Å². The molecule has 4 nitrogen and oxygen atoms in total. The van der Waals surface area contributed by atoms with Crippen LogP contribution in [0.1, 0.15) is 43.2 Å². The number of ether oxygens (including phenoxy) is 1. The molecule has 1 N–H and O–H groups in total. The summed E-state index contributed by atoms with van der Waals surface area (Å²) in [5, 5.41) is 3.24. The number of nitrogens with one attached hydrogen (secondary N) is 1. The third-order valence-electron chi connectivity index (χ3n) is 6.06. The van der Waals surface area contributed by atoms with Gasteiger partial charge in [0.2, 0.25) is 5.91 Å². The molecule has 2 aliphatic heterocycles. The first-order valence-corrected chi connectivity index (χ1v) is 9.74. The molecule has 146 valence electrons. The molecular weight excluding hydrogens is 348 g/mol. The monoisotopic (exact) mass is 380 g/mol. The Kier molecular flexibility index (Phi) is 7.93. The lowest BCUT2D eigenvalue weighted by Crippen LogP contribution is -2.52. The number of aryl methyl sites for hydroxylation is 1. The molecule has 1 aromatic rings. The van der Waals surface area contributed by atoms with E-state index in [4.69, 9.17) is 4.74 Å². The van der Waals surface area contributed by atoms with Crippen LogP contribution in [0.25, 0.3) is 0 Å². The van der Waals surface area contributed by atoms with Gasteiger partial charge in [0.1, 0.15) is 0 Å². The zero-order chi connectivity index (χ0) is 17.7. The largest absolute Gasteiger partial charge is 0.381 e. The number of rotatable bonds is 5. The van der Waals surface area contributed by atoms with Gasteiger partial charge in [0.25, 0.3) is 0 Å². The molecule has 5 heteroatoms. The van der Waals surface area contributed by atoms with Gasteiger partial charge in [-0.3, -0.25) is 4.79 Å². The van der Waals surface area contributed by atoms with E-state index in [0.717, 1.165) is 51.2 Å². The number of halogens is 1. The molecule has 0 spiro atoms. The predicted octanol–water partition coefficient (Wildman–Crippen LogP) is 3.31. The molecule has 0 bridgehead atoms. The van der Waals surface area contributed by atoms with E-state index in [1.165, 1.54) is 17.5 Å². The third kappa shape index (κ3) is 4.59. The summed E-state index contributed by atoms with van der Waals surface area (Å²) in [7, 11) is 2.01. The van der Waals surface area contributed by atoms with Gasteiger partial charge >= 0.3 is 0 Å². The molecule has 0 aliphatic carbocycles. The summed E-state index contributed by atoms with van der Waals surface area (Å²) in [4.78, 5) is 15.7. The zero-order valence-corrected chi connectivity index (χ0v) is 16.9. The van der Waals surface area contributed by atoms with Crippen molar-refractivity contribution < 1.29 is 9.53 Å².